The lowest BCUT2D eigenvalue weighted by Crippen LogP contribution is -1.95. The first-order valence-electron chi connectivity index (χ1n) is 5.18. The maximum atomic E-state index is 10.9. The quantitative estimate of drug-likeness (QED) is 0.632. The smallest absolute Gasteiger partial charge is 0.258 e. The van der Waals surface area contributed by atoms with Crippen LogP contribution < -0.4 is 0 Å². The van der Waals surface area contributed by atoms with Gasteiger partial charge in [-0.1, -0.05) is 30.3 Å². The third kappa shape index (κ3) is 2.60. The summed E-state index contributed by atoms with van der Waals surface area (Å²) < 4.78 is 0.231. The zero-order valence-electron chi connectivity index (χ0n) is 9.45. The van der Waals surface area contributed by atoms with E-state index in [1.807, 2.05) is 0 Å². The Balaban J connectivity index is 2.73. The van der Waals surface area contributed by atoms with Crippen molar-refractivity contribution in [1.82, 2.24) is 0 Å². The summed E-state index contributed by atoms with van der Waals surface area (Å²) in [5.41, 5.74) is 0.449. The van der Waals surface area contributed by atoms with Crippen molar-refractivity contribution >= 4 is 27.3 Å². The predicted octanol–water partition coefficient (Wildman–Crippen LogP) is 3.93. The number of nitrogens with zero attached hydrogens (tertiary/aromatic N) is 2. The van der Waals surface area contributed by atoms with E-state index in [-0.39, 0.29) is 15.8 Å². The zero-order chi connectivity index (χ0) is 14.0. The Bertz CT molecular complexity index is 658. The average Bonchev–Trinajstić information content (AvgIpc) is 2.39. The minimum atomic E-state index is -0.649. The molecule has 2 rings (SSSR count). The van der Waals surface area contributed by atoms with Crippen LogP contribution in [0.5, 0.6) is 0 Å². The molecule has 6 nitrogen and oxygen atoms in total. The number of benzene rings is 2. The highest BCUT2D eigenvalue weighted by Gasteiger charge is 2.22. The molecule has 0 amide bonds. The summed E-state index contributed by atoms with van der Waals surface area (Å²) in [7, 11) is 0. The SMILES string of the molecule is O=[N+]([O-])c1cc(-c2ccccc2)c(Br)c([N+](=O)[O-])c1. The summed E-state index contributed by atoms with van der Waals surface area (Å²) in [4.78, 5) is 20.5. The molecule has 96 valence electrons. The zero-order valence-corrected chi connectivity index (χ0v) is 11.0. The molecular weight excluding hydrogens is 316 g/mol. The summed E-state index contributed by atoms with van der Waals surface area (Å²) in [5, 5.41) is 21.8. The fraction of sp³-hybridized carbons (Fsp3) is 0. The molecule has 2 aromatic carbocycles. The standard InChI is InChI=1S/C12H7BrN2O4/c13-12-10(8-4-2-1-3-5-8)6-9(14(16)17)7-11(12)15(18)19/h1-7H. The van der Waals surface area contributed by atoms with Crippen LogP contribution in [0.1, 0.15) is 0 Å². The van der Waals surface area contributed by atoms with Gasteiger partial charge in [0.15, 0.2) is 0 Å². The van der Waals surface area contributed by atoms with Gasteiger partial charge in [0, 0.05) is 11.6 Å². The Hall–Kier alpha value is -2.28. The van der Waals surface area contributed by atoms with Crippen molar-refractivity contribution in [3.8, 4) is 11.1 Å². The number of hydrogen-bond acceptors (Lipinski definition) is 4. The minimum absolute atomic E-state index is 0.231. The van der Waals surface area contributed by atoms with E-state index >= 15 is 0 Å². The van der Waals surface area contributed by atoms with Crippen molar-refractivity contribution in [3.63, 3.8) is 0 Å². The predicted molar refractivity (Wildman–Crippen MR) is 72.9 cm³/mol. The largest absolute Gasteiger partial charge is 0.291 e. The van der Waals surface area contributed by atoms with Gasteiger partial charge in [-0.25, -0.2) is 0 Å². The van der Waals surface area contributed by atoms with E-state index in [0.717, 1.165) is 6.07 Å². The van der Waals surface area contributed by atoms with Gasteiger partial charge in [0.25, 0.3) is 11.4 Å². The van der Waals surface area contributed by atoms with Gasteiger partial charge >= 0.3 is 0 Å². The Kier molecular flexibility index (Phi) is 3.57. The van der Waals surface area contributed by atoms with Gasteiger partial charge in [-0.3, -0.25) is 20.2 Å². The van der Waals surface area contributed by atoms with Crippen molar-refractivity contribution in [2.24, 2.45) is 0 Å². The first-order valence-corrected chi connectivity index (χ1v) is 5.97. The van der Waals surface area contributed by atoms with Gasteiger partial charge in [0.2, 0.25) is 0 Å². The van der Waals surface area contributed by atoms with E-state index in [0.29, 0.717) is 11.1 Å². The van der Waals surface area contributed by atoms with Crippen LogP contribution in [0.2, 0.25) is 0 Å². The molecule has 0 aromatic heterocycles. The lowest BCUT2D eigenvalue weighted by atomic mass is 10.0. The molecule has 0 fully saturated rings. The van der Waals surface area contributed by atoms with Crippen LogP contribution in [-0.4, -0.2) is 9.85 Å². The van der Waals surface area contributed by atoms with Crippen LogP contribution in [0.15, 0.2) is 46.9 Å². The maximum absolute atomic E-state index is 10.9. The summed E-state index contributed by atoms with van der Waals surface area (Å²) in [6, 6.07) is 11.0. The maximum Gasteiger partial charge on any atom is 0.291 e. The highest BCUT2D eigenvalue weighted by molar-refractivity contribution is 9.10. The van der Waals surface area contributed by atoms with Crippen LogP contribution in [0.4, 0.5) is 11.4 Å². The van der Waals surface area contributed by atoms with Crippen LogP contribution >= 0.6 is 15.9 Å². The summed E-state index contributed by atoms with van der Waals surface area (Å²) in [6.07, 6.45) is 0. The molecule has 19 heavy (non-hydrogen) atoms. The molecule has 0 unspecified atom stereocenters. The monoisotopic (exact) mass is 322 g/mol. The van der Waals surface area contributed by atoms with E-state index in [1.54, 1.807) is 30.3 Å². The van der Waals surface area contributed by atoms with Crippen LogP contribution in [0.3, 0.4) is 0 Å². The summed E-state index contributed by atoms with van der Waals surface area (Å²) in [5.74, 6) is 0. The van der Waals surface area contributed by atoms with Gasteiger partial charge in [0.05, 0.1) is 15.9 Å². The second-order valence-electron chi connectivity index (χ2n) is 3.71. The lowest BCUT2D eigenvalue weighted by molar-refractivity contribution is -0.394. The molecule has 0 atom stereocenters. The van der Waals surface area contributed by atoms with E-state index in [9.17, 15) is 20.2 Å². The second kappa shape index (κ2) is 5.15. The number of hydrogen-bond donors (Lipinski definition) is 0. The minimum Gasteiger partial charge on any atom is -0.258 e. The molecule has 0 saturated carbocycles. The highest BCUT2D eigenvalue weighted by Crippen LogP contribution is 2.38. The van der Waals surface area contributed by atoms with Crippen molar-refractivity contribution in [2.75, 3.05) is 0 Å². The van der Waals surface area contributed by atoms with Crippen molar-refractivity contribution in [1.29, 1.82) is 0 Å². The molecule has 0 radical (unpaired) electrons. The molecule has 0 bridgehead atoms. The van der Waals surface area contributed by atoms with Gasteiger partial charge in [0.1, 0.15) is 4.47 Å². The van der Waals surface area contributed by atoms with Crippen molar-refractivity contribution < 1.29 is 9.85 Å². The number of rotatable bonds is 3. The first kappa shape index (κ1) is 13.2. The number of halogens is 1. The van der Waals surface area contributed by atoms with E-state index in [2.05, 4.69) is 15.9 Å². The molecule has 0 heterocycles. The Morgan fingerprint density at radius 2 is 1.58 bits per heavy atom. The molecule has 0 saturated heterocycles. The molecular formula is C12H7BrN2O4. The van der Waals surface area contributed by atoms with E-state index < -0.39 is 9.85 Å². The van der Waals surface area contributed by atoms with Crippen molar-refractivity contribution in [3.05, 3.63) is 67.2 Å². The molecule has 0 aliphatic rings. The van der Waals surface area contributed by atoms with Crippen molar-refractivity contribution in [2.45, 2.75) is 0 Å². The third-order valence-corrected chi connectivity index (χ3v) is 3.36. The van der Waals surface area contributed by atoms with Crippen LogP contribution in [-0.2, 0) is 0 Å². The molecule has 0 N–H and O–H groups in total. The highest BCUT2D eigenvalue weighted by atomic mass is 79.9. The topological polar surface area (TPSA) is 86.3 Å². The molecule has 0 spiro atoms. The third-order valence-electron chi connectivity index (χ3n) is 2.53. The number of nitro benzene ring substituents is 2. The Labute approximate surface area is 116 Å². The first-order chi connectivity index (χ1) is 9.00. The lowest BCUT2D eigenvalue weighted by Gasteiger charge is -2.05. The number of non-ortho nitro benzene ring substituents is 1. The van der Waals surface area contributed by atoms with Crippen LogP contribution in [0, 0.1) is 20.2 Å². The Morgan fingerprint density at radius 3 is 2.11 bits per heavy atom. The molecule has 0 aliphatic carbocycles. The summed E-state index contributed by atoms with van der Waals surface area (Å²) in [6.45, 7) is 0. The van der Waals surface area contributed by atoms with Crippen LogP contribution in [0.25, 0.3) is 11.1 Å². The van der Waals surface area contributed by atoms with Gasteiger partial charge in [-0.05, 0) is 21.5 Å². The number of nitro groups is 2. The molecule has 0 aliphatic heterocycles. The fourth-order valence-electron chi connectivity index (χ4n) is 1.66. The van der Waals surface area contributed by atoms with E-state index in [1.165, 1.54) is 6.07 Å². The van der Waals surface area contributed by atoms with Gasteiger partial charge in [-0.15, -0.1) is 0 Å². The normalized spacial score (nSPS) is 10.2. The Morgan fingerprint density at radius 1 is 0.947 bits per heavy atom. The van der Waals surface area contributed by atoms with Gasteiger partial charge < -0.3 is 0 Å². The molecule has 7 heteroatoms. The summed E-state index contributed by atoms with van der Waals surface area (Å²) >= 11 is 3.14. The van der Waals surface area contributed by atoms with E-state index in [4.69, 9.17) is 0 Å². The fourth-order valence-corrected chi connectivity index (χ4v) is 2.26. The molecule has 2 aromatic rings. The average molecular weight is 323 g/mol. The second-order valence-corrected chi connectivity index (χ2v) is 4.50. The van der Waals surface area contributed by atoms with Gasteiger partial charge in [-0.2, -0.15) is 0 Å².